The molecule has 39 heavy (non-hydrogen) atoms. The van der Waals surface area contributed by atoms with E-state index in [2.05, 4.69) is 26.6 Å². The maximum atomic E-state index is 13.8. The molecule has 0 amide bonds. The number of benzene rings is 2. The van der Waals surface area contributed by atoms with Gasteiger partial charge < -0.3 is 16.1 Å². The number of nitrogens with one attached hydrogen (secondary N) is 4. The molecule has 202 valence electrons. The fourth-order valence-electron chi connectivity index (χ4n) is 4.64. The van der Waals surface area contributed by atoms with Gasteiger partial charge in [-0.3, -0.25) is 9.99 Å². The lowest BCUT2D eigenvalue weighted by Gasteiger charge is -2.23. The number of hydrazine groups is 2. The van der Waals surface area contributed by atoms with Crippen molar-refractivity contribution in [2.24, 2.45) is 5.41 Å². The molecule has 1 unspecified atom stereocenters. The van der Waals surface area contributed by atoms with Crippen LogP contribution in [0.1, 0.15) is 44.2 Å². The Morgan fingerprint density at radius 2 is 2.00 bits per heavy atom. The van der Waals surface area contributed by atoms with Crippen LogP contribution in [0.25, 0.3) is 10.9 Å². The zero-order valence-corrected chi connectivity index (χ0v) is 21.2. The van der Waals surface area contributed by atoms with Crippen LogP contribution in [0.3, 0.4) is 0 Å². The third-order valence-corrected chi connectivity index (χ3v) is 7.59. The van der Waals surface area contributed by atoms with Gasteiger partial charge in [0.05, 0.1) is 40.3 Å². The van der Waals surface area contributed by atoms with Crippen molar-refractivity contribution in [1.82, 2.24) is 21.0 Å². The molecule has 0 radical (unpaired) electrons. The van der Waals surface area contributed by atoms with Crippen LogP contribution in [0.15, 0.2) is 54.5 Å². The number of aromatic nitrogens is 1. The fourth-order valence-corrected chi connectivity index (χ4v) is 4.90. The average Bonchev–Trinajstić information content (AvgIpc) is 3.85. The number of alkyl halides is 3. The number of rotatable bonds is 8. The first-order valence-electron chi connectivity index (χ1n) is 12.9. The van der Waals surface area contributed by atoms with E-state index >= 15 is 0 Å². The van der Waals surface area contributed by atoms with Crippen molar-refractivity contribution in [3.8, 4) is 6.07 Å². The van der Waals surface area contributed by atoms with E-state index in [0.717, 1.165) is 12.8 Å². The number of pyridine rings is 1. The largest absolute Gasteiger partial charge is 0.396 e. The summed E-state index contributed by atoms with van der Waals surface area (Å²) in [6, 6.07) is 9.30. The summed E-state index contributed by atoms with van der Waals surface area (Å²) in [7, 11) is 0. The number of anilines is 2. The predicted octanol–water partition coefficient (Wildman–Crippen LogP) is 6.14. The van der Waals surface area contributed by atoms with E-state index in [0.29, 0.717) is 33.9 Å². The number of hydrogen-bond donors (Lipinski definition) is 4. The summed E-state index contributed by atoms with van der Waals surface area (Å²) in [6.45, 7) is -0.392. The van der Waals surface area contributed by atoms with E-state index in [-0.39, 0.29) is 29.1 Å². The first-order valence-corrected chi connectivity index (χ1v) is 12.8. The van der Waals surface area contributed by atoms with Crippen LogP contribution in [-0.4, -0.2) is 28.8 Å². The van der Waals surface area contributed by atoms with Crippen LogP contribution in [0.4, 0.5) is 28.9 Å². The van der Waals surface area contributed by atoms with Gasteiger partial charge in [-0.2, -0.15) is 18.4 Å². The van der Waals surface area contributed by atoms with E-state index in [9.17, 15) is 24.2 Å². The Hall–Kier alpha value is -3.75. The second-order valence-electron chi connectivity index (χ2n) is 10.1. The van der Waals surface area contributed by atoms with Crippen LogP contribution in [0.2, 0.25) is 5.02 Å². The zero-order valence-electron chi connectivity index (χ0n) is 21.5. The van der Waals surface area contributed by atoms with Crippen LogP contribution >= 0.6 is 11.6 Å². The van der Waals surface area contributed by atoms with Crippen molar-refractivity contribution in [3.63, 3.8) is 0 Å². The van der Waals surface area contributed by atoms with Crippen LogP contribution in [-0.2, 0) is 0 Å². The van der Waals surface area contributed by atoms with Gasteiger partial charge in [0.25, 0.3) is 0 Å². The second-order valence-corrected chi connectivity index (χ2v) is 10.5. The first kappa shape index (κ1) is 24.3. The van der Waals surface area contributed by atoms with Gasteiger partial charge in [-0.05, 0) is 55.5 Å². The van der Waals surface area contributed by atoms with Crippen molar-refractivity contribution in [2.75, 3.05) is 17.2 Å². The highest BCUT2D eigenvalue weighted by molar-refractivity contribution is 6.35. The molecule has 12 heteroatoms. The molecule has 2 aromatic carbocycles. The first-order chi connectivity index (χ1) is 19.0. The van der Waals surface area contributed by atoms with Gasteiger partial charge in [0.1, 0.15) is 11.9 Å². The van der Waals surface area contributed by atoms with Gasteiger partial charge in [0.15, 0.2) is 0 Å². The quantitative estimate of drug-likeness (QED) is 0.247. The predicted molar refractivity (Wildman–Crippen MR) is 140 cm³/mol. The second kappa shape index (κ2) is 9.47. The number of halogens is 5. The van der Waals surface area contributed by atoms with Crippen LogP contribution in [0, 0.1) is 22.6 Å². The number of hydrogen-bond acceptors (Lipinski definition) is 7. The summed E-state index contributed by atoms with van der Waals surface area (Å²) in [5, 5.41) is 18.1. The summed E-state index contributed by atoms with van der Waals surface area (Å²) in [5.74, 6) is -0.455. The van der Waals surface area contributed by atoms with Crippen molar-refractivity contribution < 1.29 is 18.9 Å². The Kier molecular flexibility index (Phi) is 5.90. The number of fused-ring (bicyclic) bond motifs is 1. The fraction of sp³-hybridized carbons (Fsp3) is 0.333. The minimum absolute atomic E-state index is 0.00895. The highest BCUT2D eigenvalue weighted by Gasteiger charge is 2.62. The third kappa shape index (κ3) is 4.90. The third-order valence-electron chi connectivity index (χ3n) is 7.30. The summed E-state index contributed by atoms with van der Waals surface area (Å²) < 4.78 is 64.1. The molecule has 2 fully saturated rings. The molecule has 1 atom stereocenters. The Morgan fingerprint density at radius 1 is 1.26 bits per heavy atom. The molecule has 4 N–H and O–H groups in total. The highest BCUT2D eigenvalue weighted by Crippen LogP contribution is 2.57. The standard InChI is InChI=1S/C27H24ClF4N7/c28-21-10-18(36-24(15-1-3-17(29)4-2-15)22-13-39(38-37-22)19-5-6-19)9-20-23(16(11-33)12-34-25(20)21)35-14-26(7-8-26)27(30,31)32/h1-4,9-10,12-13,19,24,36-38H,5-8,14H2,(H,34,35)/i24D. The monoisotopic (exact) mass is 558 g/mol. The van der Waals surface area contributed by atoms with Gasteiger partial charge in [0, 0.05) is 36.1 Å². The lowest BCUT2D eigenvalue weighted by atomic mass is 10.0. The molecule has 3 aromatic rings. The molecule has 0 bridgehead atoms. The lowest BCUT2D eigenvalue weighted by Crippen LogP contribution is -2.38. The molecule has 2 saturated carbocycles. The Labute approximate surface area is 228 Å². The molecule has 0 saturated heterocycles. The molecular formula is C27H24ClF4N7. The van der Waals surface area contributed by atoms with Crippen molar-refractivity contribution in [1.29, 1.82) is 5.26 Å². The maximum absolute atomic E-state index is 13.8. The average molecular weight is 559 g/mol. The van der Waals surface area contributed by atoms with Crippen molar-refractivity contribution >= 4 is 33.9 Å². The molecule has 1 aromatic heterocycles. The number of nitrogens with zero attached hydrogens (tertiary/aromatic N) is 3. The van der Waals surface area contributed by atoms with Crippen LogP contribution in [0.5, 0.6) is 0 Å². The summed E-state index contributed by atoms with van der Waals surface area (Å²) >= 11 is 6.58. The van der Waals surface area contributed by atoms with E-state index < -0.39 is 30.0 Å². The number of nitriles is 1. The minimum atomic E-state index is -4.37. The zero-order chi connectivity index (χ0) is 28.3. The SMILES string of the molecule is [2H]C(Nc1cc(Cl)c2ncc(C#N)c(NCC3(C(F)(F)F)CC3)c2c1)(C1=CN(C2CC2)NN1)c1ccc(F)cc1. The topological polar surface area (TPSA) is 88.0 Å². The van der Waals surface area contributed by atoms with Crippen LogP contribution < -0.4 is 21.6 Å². The van der Waals surface area contributed by atoms with Gasteiger partial charge in [0.2, 0.25) is 0 Å². The van der Waals surface area contributed by atoms with Crippen molar-refractivity contribution in [2.45, 2.75) is 43.9 Å². The molecule has 6 rings (SSSR count). The molecule has 2 heterocycles. The maximum Gasteiger partial charge on any atom is 0.396 e. The Bertz CT molecular complexity index is 1550. The Morgan fingerprint density at radius 3 is 2.64 bits per heavy atom. The normalized spacial score (nSPS) is 19.9. The molecule has 2 aliphatic carbocycles. The van der Waals surface area contributed by atoms with E-state index in [4.69, 9.17) is 11.6 Å². The molecular weight excluding hydrogens is 534 g/mol. The molecule has 1 aliphatic heterocycles. The van der Waals surface area contributed by atoms with E-state index in [1.165, 1.54) is 30.5 Å². The van der Waals surface area contributed by atoms with E-state index in [1.807, 2.05) is 11.1 Å². The molecule has 0 spiro atoms. The lowest BCUT2D eigenvalue weighted by molar-refractivity contribution is -0.182. The molecule has 3 aliphatic rings. The van der Waals surface area contributed by atoms with Gasteiger partial charge in [-0.15, -0.1) is 5.53 Å². The smallest absolute Gasteiger partial charge is 0.382 e. The highest BCUT2D eigenvalue weighted by atomic mass is 35.5. The summed E-state index contributed by atoms with van der Waals surface area (Å²) in [4.78, 5) is 4.27. The van der Waals surface area contributed by atoms with Gasteiger partial charge >= 0.3 is 6.18 Å². The Balaban J connectivity index is 1.41. The van der Waals surface area contributed by atoms with Gasteiger partial charge in [-0.1, -0.05) is 23.7 Å². The van der Waals surface area contributed by atoms with E-state index in [1.54, 1.807) is 18.3 Å². The summed E-state index contributed by atoms with van der Waals surface area (Å²) in [6.07, 6.45) is 0.711. The van der Waals surface area contributed by atoms with Crippen molar-refractivity contribution in [3.05, 3.63) is 76.5 Å². The van der Waals surface area contributed by atoms with Gasteiger partial charge in [-0.25, -0.2) is 4.39 Å². The summed E-state index contributed by atoms with van der Waals surface area (Å²) in [5.41, 5.74) is 5.98. The molecule has 7 nitrogen and oxygen atoms in total. The minimum Gasteiger partial charge on any atom is -0.382 e.